The number of carbonyl (C=O) groups excluding carboxylic acids is 1. The van der Waals surface area contributed by atoms with Crippen LogP contribution in [0, 0.1) is 11.3 Å². The van der Waals surface area contributed by atoms with E-state index in [2.05, 4.69) is 19.2 Å². The number of hydrogen-bond donors (Lipinski definition) is 2. The van der Waals surface area contributed by atoms with Gasteiger partial charge in [-0.2, -0.15) is 13.2 Å². The number of aliphatic hydroxyl groups is 1. The van der Waals surface area contributed by atoms with Crippen LogP contribution in [0.3, 0.4) is 0 Å². The number of alkyl halides is 3. The number of aliphatic hydroxyl groups excluding tert-OH is 1. The Morgan fingerprint density at radius 2 is 2.06 bits per heavy atom. The molecule has 1 saturated heterocycles. The fraction of sp³-hybridized carbons (Fsp3) is 0.708. The lowest BCUT2D eigenvalue weighted by Crippen LogP contribution is -2.51. The maximum Gasteiger partial charge on any atom is 0.416 e. The highest BCUT2D eigenvalue weighted by atomic mass is 19.4. The van der Waals surface area contributed by atoms with E-state index in [0.717, 1.165) is 30.9 Å². The van der Waals surface area contributed by atoms with Gasteiger partial charge in [0.1, 0.15) is 0 Å². The van der Waals surface area contributed by atoms with Gasteiger partial charge in [-0.1, -0.05) is 19.9 Å². The fourth-order valence-corrected chi connectivity index (χ4v) is 5.63. The predicted octanol–water partition coefficient (Wildman–Crippen LogP) is 3.52. The van der Waals surface area contributed by atoms with Crippen molar-refractivity contribution >= 4 is 5.91 Å². The standard InChI is InChI=1S/C24H33F3N2O3/c1-15(2)23(8-5-19(12-23)28-20-7-10-32-14-21(20)30)22(31)29-9-6-16-3-4-18(24(25,26)27)11-17(16)13-29/h3-4,11,15,19-21,28,30H,5-10,12-14H2,1-2H3/t19?,20?,21?,23-/m0/s1. The Hall–Kier alpha value is -1.64. The molecule has 2 aliphatic heterocycles. The van der Waals surface area contributed by atoms with Crippen molar-refractivity contribution in [2.24, 2.45) is 11.3 Å². The number of nitrogens with zero attached hydrogens (tertiary/aromatic N) is 1. The Morgan fingerprint density at radius 3 is 2.75 bits per heavy atom. The van der Waals surface area contributed by atoms with E-state index in [1.165, 1.54) is 6.07 Å². The highest BCUT2D eigenvalue weighted by Crippen LogP contribution is 2.47. The molecule has 32 heavy (non-hydrogen) atoms. The van der Waals surface area contributed by atoms with E-state index < -0.39 is 23.3 Å². The van der Waals surface area contributed by atoms with Crippen LogP contribution in [0.15, 0.2) is 18.2 Å². The second-order valence-electron chi connectivity index (χ2n) is 9.91. The van der Waals surface area contributed by atoms with E-state index in [9.17, 15) is 23.1 Å². The van der Waals surface area contributed by atoms with E-state index >= 15 is 0 Å². The molecule has 4 rings (SSSR count). The first-order valence-electron chi connectivity index (χ1n) is 11.6. The van der Waals surface area contributed by atoms with Crippen LogP contribution >= 0.6 is 0 Å². The Kier molecular flexibility index (Phi) is 6.58. The van der Waals surface area contributed by atoms with E-state index in [-0.39, 0.29) is 30.5 Å². The maximum absolute atomic E-state index is 13.8. The van der Waals surface area contributed by atoms with Crippen LogP contribution in [-0.4, -0.2) is 53.9 Å². The highest BCUT2D eigenvalue weighted by Gasteiger charge is 2.50. The lowest BCUT2D eigenvalue weighted by atomic mass is 9.73. The highest BCUT2D eigenvalue weighted by molar-refractivity contribution is 5.84. The van der Waals surface area contributed by atoms with Crippen LogP contribution in [-0.2, 0) is 28.7 Å². The molecule has 5 nitrogen and oxygen atoms in total. The third kappa shape index (κ3) is 4.54. The predicted molar refractivity (Wildman–Crippen MR) is 114 cm³/mol. The number of amides is 1. The molecule has 3 aliphatic rings. The topological polar surface area (TPSA) is 61.8 Å². The molecule has 0 aromatic heterocycles. The minimum atomic E-state index is -4.39. The molecule has 1 saturated carbocycles. The molecule has 4 atom stereocenters. The molecule has 3 unspecified atom stereocenters. The average molecular weight is 455 g/mol. The van der Waals surface area contributed by atoms with Crippen LogP contribution in [0.25, 0.3) is 0 Å². The van der Waals surface area contributed by atoms with Gasteiger partial charge in [-0.05, 0) is 61.3 Å². The fourth-order valence-electron chi connectivity index (χ4n) is 5.63. The summed E-state index contributed by atoms with van der Waals surface area (Å²) in [5, 5.41) is 13.8. The average Bonchev–Trinajstić information content (AvgIpc) is 3.19. The molecule has 8 heteroatoms. The molecule has 0 radical (unpaired) electrons. The van der Waals surface area contributed by atoms with Crippen molar-refractivity contribution in [3.05, 3.63) is 34.9 Å². The van der Waals surface area contributed by atoms with Gasteiger partial charge in [0.2, 0.25) is 5.91 Å². The summed E-state index contributed by atoms with van der Waals surface area (Å²) in [5.74, 6) is 0.164. The number of fused-ring (bicyclic) bond motifs is 1. The van der Waals surface area contributed by atoms with Crippen LogP contribution < -0.4 is 5.32 Å². The molecular weight excluding hydrogens is 421 g/mol. The molecule has 2 N–H and O–H groups in total. The van der Waals surface area contributed by atoms with Crippen LogP contribution in [0.2, 0.25) is 0 Å². The van der Waals surface area contributed by atoms with Crippen LogP contribution in [0.5, 0.6) is 0 Å². The van der Waals surface area contributed by atoms with Crippen molar-refractivity contribution in [3.63, 3.8) is 0 Å². The maximum atomic E-state index is 13.8. The smallest absolute Gasteiger partial charge is 0.389 e. The second-order valence-corrected chi connectivity index (χ2v) is 9.91. The summed E-state index contributed by atoms with van der Waals surface area (Å²) in [7, 11) is 0. The molecule has 0 spiro atoms. The lowest BCUT2D eigenvalue weighted by molar-refractivity contribution is -0.146. The van der Waals surface area contributed by atoms with E-state index in [1.807, 2.05) is 0 Å². The molecule has 0 bridgehead atoms. The molecule has 178 valence electrons. The van der Waals surface area contributed by atoms with Gasteiger partial charge in [0, 0.05) is 31.8 Å². The van der Waals surface area contributed by atoms with Gasteiger partial charge in [0.25, 0.3) is 0 Å². The first-order chi connectivity index (χ1) is 15.1. The summed E-state index contributed by atoms with van der Waals surface area (Å²) in [6.07, 6.45) is -1.36. The largest absolute Gasteiger partial charge is 0.416 e. The number of carbonyl (C=O) groups is 1. The zero-order valence-corrected chi connectivity index (χ0v) is 18.8. The third-order valence-electron chi connectivity index (χ3n) is 7.69. The third-order valence-corrected chi connectivity index (χ3v) is 7.69. The lowest BCUT2D eigenvalue weighted by Gasteiger charge is -2.40. The van der Waals surface area contributed by atoms with Gasteiger partial charge in [0.15, 0.2) is 0 Å². The van der Waals surface area contributed by atoms with Gasteiger partial charge < -0.3 is 20.1 Å². The van der Waals surface area contributed by atoms with Crippen molar-refractivity contribution in [2.45, 2.75) is 76.9 Å². The Labute approximate surface area is 187 Å². The number of rotatable bonds is 4. The first-order valence-corrected chi connectivity index (χ1v) is 11.6. The zero-order chi connectivity index (χ0) is 23.1. The van der Waals surface area contributed by atoms with Gasteiger partial charge in [-0.3, -0.25) is 4.79 Å². The molecular formula is C24H33F3N2O3. The number of hydrogen-bond acceptors (Lipinski definition) is 4. The minimum Gasteiger partial charge on any atom is -0.389 e. The molecule has 2 fully saturated rings. The van der Waals surface area contributed by atoms with Crippen molar-refractivity contribution in [3.8, 4) is 0 Å². The van der Waals surface area contributed by atoms with Crippen LogP contribution in [0.1, 0.15) is 56.2 Å². The summed E-state index contributed by atoms with van der Waals surface area (Å²) >= 11 is 0. The summed E-state index contributed by atoms with van der Waals surface area (Å²) < 4.78 is 44.8. The van der Waals surface area contributed by atoms with E-state index in [1.54, 1.807) is 11.0 Å². The number of benzene rings is 1. The SMILES string of the molecule is CC(C)[C@]1(C(=O)N2CCc3ccc(C(F)(F)F)cc3C2)CCC(NC2CCOCC2O)C1. The Morgan fingerprint density at radius 1 is 1.28 bits per heavy atom. The van der Waals surface area contributed by atoms with Gasteiger partial charge in [-0.25, -0.2) is 0 Å². The summed E-state index contributed by atoms with van der Waals surface area (Å²) in [6.45, 7) is 5.81. The molecule has 1 aromatic rings. The van der Waals surface area contributed by atoms with Gasteiger partial charge in [-0.15, -0.1) is 0 Å². The number of ether oxygens (including phenoxy) is 1. The molecule has 1 amide bonds. The molecule has 2 heterocycles. The van der Waals surface area contributed by atoms with Crippen molar-refractivity contribution in [1.82, 2.24) is 10.2 Å². The monoisotopic (exact) mass is 454 g/mol. The summed E-state index contributed by atoms with van der Waals surface area (Å²) in [5.41, 5.74) is 0.285. The van der Waals surface area contributed by atoms with Gasteiger partial charge >= 0.3 is 6.18 Å². The van der Waals surface area contributed by atoms with E-state index in [0.29, 0.717) is 38.2 Å². The summed E-state index contributed by atoms with van der Waals surface area (Å²) in [6, 6.07) is 3.97. The first kappa shape index (κ1) is 23.5. The second kappa shape index (κ2) is 8.95. The van der Waals surface area contributed by atoms with E-state index in [4.69, 9.17) is 4.74 Å². The normalized spacial score (nSPS) is 31.1. The number of halogens is 3. The zero-order valence-electron chi connectivity index (χ0n) is 18.8. The Bertz CT molecular complexity index is 844. The minimum absolute atomic E-state index is 0.0329. The van der Waals surface area contributed by atoms with Gasteiger partial charge in [0.05, 0.1) is 23.7 Å². The molecule has 1 aliphatic carbocycles. The van der Waals surface area contributed by atoms with Crippen molar-refractivity contribution in [2.75, 3.05) is 19.8 Å². The molecule has 1 aromatic carbocycles. The quantitative estimate of drug-likeness (QED) is 0.731. The van der Waals surface area contributed by atoms with Crippen molar-refractivity contribution in [1.29, 1.82) is 0 Å². The van der Waals surface area contributed by atoms with Crippen LogP contribution in [0.4, 0.5) is 13.2 Å². The summed E-state index contributed by atoms with van der Waals surface area (Å²) in [4.78, 5) is 15.5. The Balaban J connectivity index is 1.48. The van der Waals surface area contributed by atoms with Crippen molar-refractivity contribution < 1.29 is 27.8 Å². The number of nitrogens with one attached hydrogen (secondary N) is 1.